The van der Waals surface area contributed by atoms with Crippen molar-refractivity contribution in [2.45, 2.75) is 13.8 Å². The summed E-state index contributed by atoms with van der Waals surface area (Å²) < 4.78 is 5.61. The minimum absolute atomic E-state index is 0.00867. The van der Waals surface area contributed by atoms with Gasteiger partial charge in [-0.1, -0.05) is 17.7 Å². The molecule has 1 saturated heterocycles. The number of aromatic nitrogens is 2. The third kappa shape index (κ3) is 4.87. The van der Waals surface area contributed by atoms with E-state index < -0.39 is 0 Å². The van der Waals surface area contributed by atoms with Gasteiger partial charge in [0.15, 0.2) is 6.61 Å². The first kappa shape index (κ1) is 18.9. The predicted molar refractivity (Wildman–Crippen MR) is 107 cm³/mol. The van der Waals surface area contributed by atoms with Crippen LogP contribution in [0.5, 0.6) is 5.75 Å². The molecule has 0 unspecified atom stereocenters. The lowest BCUT2D eigenvalue weighted by molar-refractivity contribution is -0.133. The lowest BCUT2D eigenvalue weighted by Gasteiger charge is -2.35. The van der Waals surface area contributed by atoms with Crippen molar-refractivity contribution in [3.8, 4) is 5.75 Å². The second-order valence-electron chi connectivity index (χ2n) is 7.03. The van der Waals surface area contributed by atoms with Gasteiger partial charge < -0.3 is 19.4 Å². The molecule has 0 spiro atoms. The highest BCUT2D eigenvalue weighted by molar-refractivity contribution is 5.78. The Bertz CT molecular complexity index is 783. The zero-order chi connectivity index (χ0) is 19.4. The normalized spacial score (nSPS) is 14.2. The molecule has 0 saturated carbocycles. The van der Waals surface area contributed by atoms with Gasteiger partial charge in [0.2, 0.25) is 5.95 Å². The summed E-state index contributed by atoms with van der Waals surface area (Å²) in [5, 5.41) is 0. The van der Waals surface area contributed by atoms with E-state index in [0.29, 0.717) is 26.2 Å². The maximum atomic E-state index is 12.4. The van der Waals surface area contributed by atoms with Crippen LogP contribution >= 0.6 is 0 Å². The Morgan fingerprint density at radius 2 is 1.74 bits per heavy atom. The zero-order valence-corrected chi connectivity index (χ0v) is 16.5. The third-order valence-corrected chi connectivity index (χ3v) is 4.59. The van der Waals surface area contributed by atoms with Gasteiger partial charge in [0, 0.05) is 52.0 Å². The van der Waals surface area contributed by atoms with Crippen molar-refractivity contribution in [1.29, 1.82) is 0 Å². The number of nitrogens with zero attached hydrogens (tertiary/aromatic N) is 5. The van der Waals surface area contributed by atoms with Gasteiger partial charge in [0.1, 0.15) is 11.6 Å². The van der Waals surface area contributed by atoms with Crippen molar-refractivity contribution in [3.05, 3.63) is 41.6 Å². The number of hydrogen-bond acceptors (Lipinski definition) is 6. The fourth-order valence-electron chi connectivity index (χ4n) is 2.93. The summed E-state index contributed by atoms with van der Waals surface area (Å²) in [7, 11) is 3.94. The standard InChI is InChI=1S/C20H27N5O2/c1-15-5-7-17(8-6-15)27-14-19(26)24-9-11-25(12-10-24)20-21-16(2)13-18(22-20)23(3)4/h5-8,13H,9-12,14H2,1-4H3. The summed E-state index contributed by atoms with van der Waals surface area (Å²) in [6.07, 6.45) is 0. The van der Waals surface area contributed by atoms with E-state index in [9.17, 15) is 4.79 Å². The quantitative estimate of drug-likeness (QED) is 0.802. The minimum atomic E-state index is 0.00867. The zero-order valence-electron chi connectivity index (χ0n) is 16.5. The van der Waals surface area contributed by atoms with Crippen LogP contribution < -0.4 is 14.5 Å². The van der Waals surface area contributed by atoms with E-state index in [1.807, 2.05) is 68.1 Å². The first-order chi connectivity index (χ1) is 12.9. The number of benzene rings is 1. The van der Waals surface area contributed by atoms with Gasteiger partial charge in [-0.15, -0.1) is 0 Å². The Labute approximate surface area is 160 Å². The lowest BCUT2D eigenvalue weighted by Crippen LogP contribution is -2.50. The molecule has 3 rings (SSSR count). The van der Waals surface area contributed by atoms with Gasteiger partial charge in [-0.25, -0.2) is 4.98 Å². The number of aryl methyl sites for hydroxylation is 2. The second kappa shape index (κ2) is 8.24. The molecule has 144 valence electrons. The molecule has 1 amide bonds. The van der Waals surface area contributed by atoms with Crippen molar-refractivity contribution in [1.82, 2.24) is 14.9 Å². The fourth-order valence-corrected chi connectivity index (χ4v) is 2.93. The molecular formula is C20H27N5O2. The molecule has 1 fully saturated rings. The highest BCUT2D eigenvalue weighted by atomic mass is 16.5. The molecule has 0 N–H and O–H groups in total. The molecule has 7 heteroatoms. The number of carbonyl (C=O) groups excluding carboxylic acids is 1. The van der Waals surface area contributed by atoms with Crippen molar-refractivity contribution < 1.29 is 9.53 Å². The first-order valence-corrected chi connectivity index (χ1v) is 9.17. The molecule has 0 bridgehead atoms. The Morgan fingerprint density at radius 1 is 1.07 bits per heavy atom. The van der Waals surface area contributed by atoms with Crippen LogP contribution in [0.2, 0.25) is 0 Å². The van der Waals surface area contributed by atoms with Crippen molar-refractivity contribution in [3.63, 3.8) is 0 Å². The summed E-state index contributed by atoms with van der Waals surface area (Å²) in [6, 6.07) is 9.69. The van der Waals surface area contributed by atoms with E-state index >= 15 is 0 Å². The van der Waals surface area contributed by atoms with E-state index in [1.54, 1.807) is 0 Å². The number of rotatable bonds is 5. The lowest BCUT2D eigenvalue weighted by atomic mass is 10.2. The van der Waals surface area contributed by atoms with Gasteiger partial charge in [-0.3, -0.25) is 4.79 Å². The Balaban J connectivity index is 1.54. The molecule has 7 nitrogen and oxygen atoms in total. The Morgan fingerprint density at radius 3 is 2.37 bits per heavy atom. The molecule has 2 aromatic rings. The smallest absolute Gasteiger partial charge is 0.260 e. The number of anilines is 2. The fraction of sp³-hybridized carbons (Fsp3) is 0.450. The Hall–Kier alpha value is -2.83. The first-order valence-electron chi connectivity index (χ1n) is 9.17. The minimum Gasteiger partial charge on any atom is -0.484 e. The summed E-state index contributed by atoms with van der Waals surface area (Å²) in [5.74, 6) is 2.34. The highest BCUT2D eigenvalue weighted by Crippen LogP contribution is 2.17. The molecule has 1 aromatic heterocycles. The molecule has 2 heterocycles. The van der Waals surface area contributed by atoms with E-state index in [-0.39, 0.29) is 12.5 Å². The van der Waals surface area contributed by atoms with Crippen molar-refractivity contribution >= 4 is 17.7 Å². The van der Waals surface area contributed by atoms with Gasteiger partial charge in [-0.05, 0) is 26.0 Å². The molecule has 1 aliphatic heterocycles. The summed E-state index contributed by atoms with van der Waals surface area (Å²) in [4.78, 5) is 27.5. The van der Waals surface area contributed by atoms with Crippen LogP contribution in [-0.4, -0.2) is 67.7 Å². The largest absolute Gasteiger partial charge is 0.484 e. The van der Waals surface area contributed by atoms with E-state index in [1.165, 1.54) is 5.56 Å². The molecule has 0 aliphatic carbocycles. The molecule has 1 aliphatic rings. The van der Waals surface area contributed by atoms with Gasteiger partial charge in [0.05, 0.1) is 0 Å². The molecule has 0 atom stereocenters. The predicted octanol–water partition coefficient (Wildman–Crippen LogP) is 1.89. The van der Waals surface area contributed by atoms with Gasteiger partial charge in [-0.2, -0.15) is 4.98 Å². The van der Waals surface area contributed by atoms with E-state index in [0.717, 1.165) is 23.2 Å². The summed E-state index contributed by atoms with van der Waals surface area (Å²) in [5.41, 5.74) is 2.11. The van der Waals surface area contributed by atoms with Crippen LogP contribution in [0.3, 0.4) is 0 Å². The van der Waals surface area contributed by atoms with Crippen LogP contribution in [-0.2, 0) is 4.79 Å². The number of ether oxygens (including phenoxy) is 1. The van der Waals surface area contributed by atoms with Crippen molar-refractivity contribution in [2.24, 2.45) is 0 Å². The molecule has 0 radical (unpaired) electrons. The average Bonchev–Trinajstić information content (AvgIpc) is 2.67. The van der Waals surface area contributed by atoms with Crippen molar-refractivity contribution in [2.75, 3.05) is 56.7 Å². The monoisotopic (exact) mass is 369 g/mol. The third-order valence-electron chi connectivity index (χ3n) is 4.59. The van der Waals surface area contributed by atoms with E-state index in [4.69, 9.17) is 4.74 Å². The summed E-state index contributed by atoms with van der Waals surface area (Å²) >= 11 is 0. The number of hydrogen-bond donors (Lipinski definition) is 0. The van der Waals surface area contributed by atoms with Gasteiger partial charge in [0.25, 0.3) is 5.91 Å². The number of amides is 1. The SMILES string of the molecule is Cc1ccc(OCC(=O)N2CCN(c3nc(C)cc(N(C)C)n3)CC2)cc1. The Kier molecular flexibility index (Phi) is 5.78. The average molecular weight is 369 g/mol. The topological polar surface area (TPSA) is 61.8 Å². The highest BCUT2D eigenvalue weighted by Gasteiger charge is 2.23. The van der Waals surface area contributed by atoms with Crippen LogP contribution in [0.4, 0.5) is 11.8 Å². The van der Waals surface area contributed by atoms with E-state index in [2.05, 4.69) is 14.9 Å². The van der Waals surface area contributed by atoms with Crippen LogP contribution in [0.25, 0.3) is 0 Å². The van der Waals surface area contributed by atoms with Gasteiger partial charge >= 0.3 is 0 Å². The molecule has 1 aromatic carbocycles. The maximum absolute atomic E-state index is 12.4. The number of piperazine rings is 1. The second-order valence-corrected chi connectivity index (χ2v) is 7.03. The number of carbonyl (C=O) groups is 1. The molecule has 27 heavy (non-hydrogen) atoms. The van der Waals surface area contributed by atoms with Crippen LogP contribution in [0, 0.1) is 13.8 Å². The maximum Gasteiger partial charge on any atom is 0.260 e. The van der Waals surface area contributed by atoms with Crippen LogP contribution in [0.15, 0.2) is 30.3 Å². The summed E-state index contributed by atoms with van der Waals surface area (Å²) in [6.45, 7) is 6.78. The molecular weight excluding hydrogens is 342 g/mol. The van der Waals surface area contributed by atoms with Crippen LogP contribution in [0.1, 0.15) is 11.3 Å².